The fraction of sp³-hybridized carbons (Fsp3) is 0. The van der Waals surface area contributed by atoms with Crippen molar-refractivity contribution in [2.75, 3.05) is 0 Å². The van der Waals surface area contributed by atoms with Gasteiger partial charge in [0.15, 0.2) is 11.5 Å². The zero-order valence-corrected chi connectivity index (χ0v) is 20.7. The first-order chi connectivity index (χ1) is 19.4. The highest BCUT2D eigenvalue weighted by Gasteiger charge is 2.24. The van der Waals surface area contributed by atoms with Crippen LogP contribution in [0.2, 0.25) is 0 Å². The fourth-order valence-electron chi connectivity index (χ4n) is 5.39. The van der Waals surface area contributed by atoms with Gasteiger partial charge in [-0.3, -0.25) is 4.40 Å². The number of hydrogen-bond donors (Lipinski definition) is 5. The molecule has 0 unspecified atom stereocenters. The minimum absolute atomic E-state index is 0.203. The summed E-state index contributed by atoms with van der Waals surface area (Å²) in [6.45, 7) is 0. The Morgan fingerprint density at radius 1 is 0.575 bits per heavy atom. The van der Waals surface area contributed by atoms with Crippen LogP contribution in [0.3, 0.4) is 0 Å². The van der Waals surface area contributed by atoms with Gasteiger partial charge in [-0.2, -0.15) is 5.26 Å². The van der Waals surface area contributed by atoms with Crippen LogP contribution in [0.5, 0.6) is 28.7 Å². The first-order valence-corrected chi connectivity index (χ1v) is 12.3. The largest absolute Gasteiger partial charge is 0.504 e. The lowest BCUT2D eigenvalue weighted by Crippen LogP contribution is -1.93. The van der Waals surface area contributed by atoms with Gasteiger partial charge in [-0.15, -0.1) is 0 Å². The minimum atomic E-state index is -1.000. The standard InChI is InChI=1S/C32H19N3O5/c33-15-16-5-11-20-22-14-19(10-12-21(22)32-34-23-3-1-2-4-24(23)35(32)25(20)13-16)17-6-8-18(9-7-17)26-27(36)29(38)31(40)30(39)28(26)37/h1-14,36-40H. The molecule has 7 rings (SSSR count). The number of aromatic nitrogens is 2. The fourth-order valence-corrected chi connectivity index (χ4v) is 5.39. The highest BCUT2D eigenvalue weighted by Crippen LogP contribution is 2.54. The Bertz CT molecular complexity index is 2200. The van der Waals surface area contributed by atoms with Gasteiger partial charge in [-0.25, -0.2) is 4.98 Å². The lowest BCUT2D eigenvalue weighted by Gasteiger charge is -2.13. The number of para-hydroxylation sites is 2. The maximum atomic E-state index is 10.3. The molecule has 0 saturated carbocycles. The summed E-state index contributed by atoms with van der Waals surface area (Å²) >= 11 is 0. The average Bonchev–Trinajstić information content (AvgIpc) is 3.39. The molecule has 0 aliphatic carbocycles. The number of fused-ring (bicyclic) bond motifs is 8. The second-order valence-electron chi connectivity index (χ2n) is 9.56. The molecule has 8 nitrogen and oxygen atoms in total. The third-order valence-corrected chi connectivity index (χ3v) is 7.36. The van der Waals surface area contributed by atoms with Crippen molar-refractivity contribution in [3.8, 4) is 57.1 Å². The van der Waals surface area contributed by atoms with Crippen molar-refractivity contribution < 1.29 is 25.5 Å². The molecule has 0 aliphatic heterocycles. The number of aromatic hydroxyl groups is 5. The van der Waals surface area contributed by atoms with Gasteiger partial charge in [0.25, 0.3) is 0 Å². The van der Waals surface area contributed by atoms with E-state index < -0.39 is 28.7 Å². The van der Waals surface area contributed by atoms with Crippen LogP contribution in [-0.2, 0) is 0 Å². The van der Waals surface area contributed by atoms with Gasteiger partial charge in [0.05, 0.1) is 33.7 Å². The summed E-state index contributed by atoms with van der Waals surface area (Å²) in [4.78, 5) is 4.91. The molecule has 2 aromatic heterocycles. The van der Waals surface area contributed by atoms with Gasteiger partial charge in [0, 0.05) is 10.8 Å². The smallest absolute Gasteiger partial charge is 0.208 e. The van der Waals surface area contributed by atoms with Gasteiger partial charge in [0.2, 0.25) is 17.2 Å². The van der Waals surface area contributed by atoms with Crippen LogP contribution < -0.4 is 0 Å². The van der Waals surface area contributed by atoms with Crippen molar-refractivity contribution in [3.63, 3.8) is 0 Å². The van der Waals surface area contributed by atoms with E-state index in [4.69, 9.17) is 4.98 Å². The van der Waals surface area contributed by atoms with Crippen molar-refractivity contribution in [2.45, 2.75) is 0 Å². The highest BCUT2D eigenvalue weighted by atomic mass is 16.4. The molecular weight excluding hydrogens is 506 g/mol. The van der Waals surface area contributed by atoms with E-state index in [1.54, 1.807) is 30.3 Å². The summed E-state index contributed by atoms with van der Waals surface area (Å²) in [5, 5.41) is 62.6. The maximum Gasteiger partial charge on any atom is 0.208 e. The minimum Gasteiger partial charge on any atom is -0.504 e. The highest BCUT2D eigenvalue weighted by molar-refractivity contribution is 6.15. The molecule has 0 saturated heterocycles. The molecule has 0 aliphatic rings. The zero-order valence-electron chi connectivity index (χ0n) is 20.7. The average molecular weight is 526 g/mol. The number of nitrogens with zero attached hydrogens (tertiary/aromatic N) is 3. The number of imidazole rings is 1. The molecule has 7 aromatic rings. The van der Waals surface area contributed by atoms with Gasteiger partial charge >= 0.3 is 0 Å². The summed E-state index contributed by atoms with van der Waals surface area (Å²) < 4.78 is 2.09. The maximum absolute atomic E-state index is 10.3. The molecule has 2 heterocycles. The predicted molar refractivity (Wildman–Crippen MR) is 152 cm³/mol. The lowest BCUT2D eigenvalue weighted by atomic mass is 9.96. The first-order valence-electron chi connectivity index (χ1n) is 12.3. The number of phenolic OH excluding ortho intramolecular Hbond substituents is 5. The third-order valence-electron chi connectivity index (χ3n) is 7.36. The van der Waals surface area contributed by atoms with Crippen LogP contribution in [0.25, 0.3) is 60.6 Å². The molecular formula is C32H19N3O5. The molecule has 0 bridgehead atoms. The monoisotopic (exact) mass is 525 g/mol. The number of rotatable bonds is 2. The normalized spacial score (nSPS) is 11.5. The summed E-state index contributed by atoms with van der Waals surface area (Å²) in [6, 6.07) is 28.6. The second kappa shape index (κ2) is 8.28. The Kier molecular flexibility index (Phi) is 4.80. The Hall–Kier alpha value is -5.94. The lowest BCUT2D eigenvalue weighted by molar-refractivity contribution is 0.330. The number of benzene rings is 5. The molecule has 0 spiro atoms. The quantitative estimate of drug-likeness (QED) is 0.0981. The molecule has 40 heavy (non-hydrogen) atoms. The molecule has 0 radical (unpaired) electrons. The van der Waals surface area contributed by atoms with Gasteiger partial charge in [0.1, 0.15) is 5.65 Å². The Balaban J connectivity index is 1.43. The van der Waals surface area contributed by atoms with Crippen molar-refractivity contribution in [3.05, 3.63) is 90.5 Å². The van der Waals surface area contributed by atoms with Crippen molar-refractivity contribution in [1.29, 1.82) is 5.26 Å². The number of phenols is 5. The number of nitriles is 1. The van der Waals surface area contributed by atoms with Gasteiger partial charge in [-0.1, -0.05) is 48.5 Å². The topological polar surface area (TPSA) is 142 Å². The Labute approximate surface area is 226 Å². The van der Waals surface area contributed by atoms with Crippen LogP contribution in [-0.4, -0.2) is 34.9 Å². The van der Waals surface area contributed by atoms with E-state index in [2.05, 4.69) is 16.5 Å². The molecule has 5 N–H and O–H groups in total. The summed E-state index contributed by atoms with van der Waals surface area (Å²) in [6.07, 6.45) is 0. The molecule has 0 fully saturated rings. The van der Waals surface area contributed by atoms with E-state index in [1.165, 1.54) is 0 Å². The SMILES string of the molecule is N#Cc1ccc2c3cc(-c4ccc(-c5c(O)c(O)c(O)c(O)c5O)cc4)ccc3c3nc4ccccc4n3c2c1. The van der Waals surface area contributed by atoms with E-state index in [0.717, 1.165) is 49.5 Å². The molecule has 192 valence electrons. The predicted octanol–water partition coefficient (Wildman–Crippen LogP) is 6.53. The van der Waals surface area contributed by atoms with Gasteiger partial charge in [-0.05, 0) is 58.5 Å². The van der Waals surface area contributed by atoms with E-state index in [0.29, 0.717) is 11.1 Å². The van der Waals surface area contributed by atoms with E-state index in [-0.39, 0.29) is 5.56 Å². The van der Waals surface area contributed by atoms with E-state index in [9.17, 15) is 30.8 Å². The van der Waals surface area contributed by atoms with Crippen molar-refractivity contribution in [1.82, 2.24) is 9.38 Å². The van der Waals surface area contributed by atoms with Crippen LogP contribution in [0.15, 0.2) is 84.9 Å². The van der Waals surface area contributed by atoms with Crippen molar-refractivity contribution in [2.24, 2.45) is 0 Å². The first kappa shape index (κ1) is 23.2. The summed E-state index contributed by atoms with van der Waals surface area (Å²) in [5.41, 5.74) is 5.89. The molecule has 8 heteroatoms. The number of pyridine rings is 1. The van der Waals surface area contributed by atoms with Crippen LogP contribution in [0.4, 0.5) is 0 Å². The number of hydrogen-bond acceptors (Lipinski definition) is 7. The van der Waals surface area contributed by atoms with Crippen LogP contribution in [0.1, 0.15) is 5.56 Å². The van der Waals surface area contributed by atoms with Gasteiger partial charge < -0.3 is 25.5 Å². The zero-order chi connectivity index (χ0) is 27.7. The summed E-state index contributed by atoms with van der Waals surface area (Å²) in [5.74, 6) is -4.34. The molecule has 5 aromatic carbocycles. The molecule has 0 amide bonds. The Morgan fingerprint density at radius 2 is 1.20 bits per heavy atom. The molecule has 0 atom stereocenters. The summed E-state index contributed by atoms with van der Waals surface area (Å²) in [7, 11) is 0. The van der Waals surface area contributed by atoms with E-state index >= 15 is 0 Å². The van der Waals surface area contributed by atoms with Crippen LogP contribution in [0, 0.1) is 11.3 Å². The second-order valence-corrected chi connectivity index (χ2v) is 9.56. The van der Waals surface area contributed by atoms with E-state index in [1.807, 2.05) is 48.5 Å². The Morgan fingerprint density at radius 3 is 1.93 bits per heavy atom. The third kappa shape index (κ3) is 3.15. The van der Waals surface area contributed by atoms with Crippen LogP contribution >= 0.6 is 0 Å². The van der Waals surface area contributed by atoms with Crippen molar-refractivity contribution >= 4 is 38.4 Å².